The van der Waals surface area contributed by atoms with E-state index in [1.54, 1.807) is 28.0 Å². The fourth-order valence-corrected chi connectivity index (χ4v) is 3.97. The standard InChI is InChI=1S/C25H33FN4O2/c1-19-8-6-11-22(16-19)27-25(32)30-13-7-10-21(18-30)24(31)29(15-14-28(2)3)17-20-9-4-5-12-23(20)26/h4-6,8-9,11-12,16,21H,7,10,13-15,17-18H2,1-3H3,(H,27,32). The van der Waals surface area contributed by atoms with Crippen molar-refractivity contribution in [1.82, 2.24) is 14.7 Å². The number of anilines is 1. The lowest BCUT2D eigenvalue weighted by atomic mass is 9.96. The maximum atomic E-state index is 14.2. The Morgan fingerprint density at radius 2 is 1.91 bits per heavy atom. The van der Waals surface area contributed by atoms with E-state index < -0.39 is 0 Å². The van der Waals surface area contributed by atoms with Crippen LogP contribution in [0.3, 0.4) is 0 Å². The van der Waals surface area contributed by atoms with Crippen LogP contribution in [0.1, 0.15) is 24.0 Å². The minimum absolute atomic E-state index is 0.0249. The van der Waals surface area contributed by atoms with Gasteiger partial charge in [0.15, 0.2) is 0 Å². The third-order valence-corrected chi connectivity index (χ3v) is 5.78. The Bertz CT molecular complexity index is 934. The van der Waals surface area contributed by atoms with E-state index in [9.17, 15) is 14.0 Å². The Morgan fingerprint density at radius 1 is 1.12 bits per heavy atom. The molecule has 0 aliphatic carbocycles. The molecule has 3 amide bonds. The fraction of sp³-hybridized carbons (Fsp3) is 0.440. The fourth-order valence-electron chi connectivity index (χ4n) is 3.97. The molecule has 1 N–H and O–H groups in total. The maximum Gasteiger partial charge on any atom is 0.321 e. The van der Waals surface area contributed by atoms with Gasteiger partial charge in [-0.1, -0.05) is 30.3 Å². The number of nitrogens with one attached hydrogen (secondary N) is 1. The average Bonchev–Trinajstić information content (AvgIpc) is 2.77. The predicted molar refractivity (Wildman–Crippen MR) is 125 cm³/mol. The Morgan fingerprint density at radius 3 is 2.62 bits per heavy atom. The second kappa shape index (κ2) is 11.1. The third-order valence-electron chi connectivity index (χ3n) is 5.78. The van der Waals surface area contributed by atoms with Gasteiger partial charge in [-0.3, -0.25) is 4.79 Å². The molecule has 172 valence electrons. The third kappa shape index (κ3) is 6.53. The highest BCUT2D eigenvalue weighted by Crippen LogP contribution is 2.22. The molecule has 3 rings (SSSR count). The zero-order chi connectivity index (χ0) is 23.1. The molecule has 1 saturated heterocycles. The molecule has 0 spiro atoms. The summed E-state index contributed by atoms with van der Waals surface area (Å²) in [5.41, 5.74) is 2.32. The van der Waals surface area contributed by atoms with Crippen LogP contribution >= 0.6 is 0 Å². The van der Waals surface area contributed by atoms with Crippen LogP contribution in [0.15, 0.2) is 48.5 Å². The number of amides is 3. The summed E-state index contributed by atoms with van der Waals surface area (Å²) in [6.45, 7) is 4.38. The summed E-state index contributed by atoms with van der Waals surface area (Å²) in [6.07, 6.45) is 1.49. The summed E-state index contributed by atoms with van der Waals surface area (Å²) in [4.78, 5) is 31.7. The first-order valence-corrected chi connectivity index (χ1v) is 11.1. The summed E-state index contributed by atoms with van der Waals surface area (Å²) in [5, 5.41) is 2.93. The van der Waals surface area contributed by atoms with Crippen molar-refractivity contribution in [2.45, 2.75) is 26.3 Å². The van der Waals surface area contributed by atoms with Crippen molar-refractivity contribution in [2.75, 3.05) is 45.6 Å². The minimum Gasteiger partial charge on any atom is -0.337 e. The number of carbonyl (C=O) groups excluding carboxylic acids is 2. The van der Waals surface area contributed by atoms with Crippen molar-refractivity contribution in [1.29, 1.82) is 0 Å². The van der Waals surface area contributed by atoms with E-state index in [0.717, 1.165) is 24.1 Å². The number of likely N-dealkylation sites (tertiary alicyclic amines) is 1. The number of urea groups is 1. The van der Waals surface area contributed by atoms with Crippen LogP contribution in [-0.2, 0) is 11.3 Å². The monoisotopic (exact) mass is 440 g/mol. The lowest BCUT2D eigenvalue weighted by Crippen LogP contribution is -2.48. The number of hydrogen-bond donors (Lipinski definition) is 1. The second-order valence-electron chi connectivity index (χ2n) is 8.74. The van der Waals surface area contributed by atoms with Gasteiger partial charge in [0.1, 0.15) is 5.82 Å². The number of rotatable bonds is 7. The molecular weight excluding hydrogens is 407 g/mol. The summed E-state index contributed by atoms with van der Waals surface area (Å²) < 4.78 is 14.2. The molecule has 0 bridgehead atoms. The van der Waals surface area contributed by atoms with Crippen molar-refractivity contribution in [3.05, 3.63) is 65.5 Å². The first-order valence-electron chi connectivity index (χ1n) is 11.1. The minimum atomic E-state index is -0.307. The van der Waals surface area contributed by atoms with Gasteiger partial charge in [0.25, 0.3) is 0 Å². The number of benzene rings is 2. The molecule has 1 heterocycles. The highest BCUT2D eigenvalue weighted by Gasteiger charge is 2.31. The predicted octanol–water partition coefficient (Wildman–Crippen LogP) is 3.97. The summed E-state index contributed by atoms with van der Waals surface area (Å²) in [7, 11) is 3.90. The number of carbonyl (C=O) groups is 2. The zero-order valence-corrected chi connectivity index (χ0v) is 19.2. The molecule has 1 aliphatic heterocycles. The van der Waals surface area contributed by atoms with Gasteiger partial charge in [0, 0.05) is 44.0 Å². The zero-order valence-electron chi connectivity index (χ0n) is 19.2. The van der Waals surface area contributed by atoms with E-state index in [1.165, 1.54) is 6.07 Å². The number of nitrogens with zero attached hydrogens (tertiary/aromatic N) is 3. The molecule has 1 atom stereocenters. The van der Waals surface area contributed by atoms with Crippen LogP contribution in [0.5, 0.6) is 0 Å². The first kappa shape index (κ1) is 23.7. The lowest BCUT2D eigenvalue weighted by molar-refractivity contribution is -0.137. The highest BCUT2D eigenvalue weighted by atomic mass is 19.1. The van der Waals surface area contributed by atoms with E-state index in [4.69, 9.17) is 0 Å². The summed E-state index contributed by atoms with van der Waals surface area (Å²) in [5.74, 6) is -0.623. The van der Waals surface area contributed by atoms with Crippen molar-refractivity contribution in [3.8, 4) is 0 Å². The van der Waals surface area contributed by atoms with E-state index >= 15 is 0 Å². The van der Waals surface area contributed by atoms with Crippen molar-refractivity contribution >= 4 is 17.6 Å². The topological polar surface area (TPSA) is 55.9 Å². The molecule has 0 aromatic heterocycles. The quantitative estimate of drug-likeness (QED) is 0.709. The Labute approximate surface area is 190 Å². The molecule has 1 fully saturated rings. The molecule has 32 heavy (non-hydrogen) atoms. The maximum absolute atomic E-state index is 14.2. The van der Waals surface area contributed by atoms with E-state index in [-0.39, 0.29) is 30.2 Å². The smallest absolute Gasteiger partial charge is 0.321 e. The Balaban J connectivity index is 1.68. The molecule has 2 aromatic rings. The van der Waals surface area contributed by atoms with Crippen LogP contribution in [0.2, 0.25) is 0 Å². The van der Waals surface area contributed by atoms with E-state index in [0.29, 0.717) is 31.7 Å². The van der Waals surface area contributed by atoms with Crippen LogP contribution in [0.25, 0.3) is 0 Å². The first-order chi connectivity index (χ1) is 15.3. The van der Waals surface area contributed by atoms with E-state index in [2.05, 4.69) is 5.32 Å². The van der Waals surface area contributed by atoms with Crippen LogP contribution in [0.4, 0.5) is 14.9 Å². The van der Waals surface area contributed by atoms with Gasteiger partial charge >= 0.3 is 6.03 Å². The van der Waals surface area contributed by atoms with Gasteiger partial charge in [-0.2, -0.15) is 0 Å². The van der Waals surface area contributed by atoms with Crippen molar-refractivity contribution in [2.24, 2.45) is 5.92 Å². The van der Waals surface area contributed by atoms with Gasteiger partial charge in [0.05, 0.1) is 5.92 Å². The number of likely N-dealkylation sites (N-methyl/N-ethyl adjacent to an activating group) is 1. The Hall–Kier alpha value is -2.93. The normalized spacial score (nSPS) is 16.2. The van der Waals surface area contributed by atoms with Crippen LogP contribution < -0.4 is 5.32 Å². The van der Waals surface area contributed by atoms with Gasteiger partial charge in [-0.15, -0.1) is 0 Å². The Kier molecular flexibility index (Phi) is 8.22. The molecule has 1 aliphatic rings. The molecule has 0 saturated carbocycles. The van der Waals surface area contributed by atoms with Crippen LogP contribution in [-0.4, -0.2) is 66.9 Å². The molecule has 7 heteroatoms. The summed E-state index contributed by atoms with van der Waals surface area (Å²) >= 11 is 0. The summed E-state index contributed by atoms with van der Waals surface area (Å²) in [6, 6.07) is 14.0. The van der Waals surface area contributed by atoms with Gasteiger partial charge < -0.3 is 20.0 Å². The van der Waals surface area contributed by atoms with Gasteiger partial charge in [-0.25, -0.2) is 9.18 Å². The van der Waals surface area contributed by atoms with Gasteiger partial charge in [0.2, 0.25) is 5.91 Å². The second-order valence-corrected chi connectivity index (χ2v) is 8.74. The molecule has 6 nitrogen and oxygen atoms in total. The molecule has 0 radical (unpaired) electrons. The molecule has 1 unspecified atom stereocenters. The number of halogens is 1. The number of hydrogen-bond acceptors (Lipinski definition) is 3. The van der Waals surface area contributed by atoms with Gasteiger partial charge in [-0.05, 0) is 57.6 Å². The lowest BCUT2D eigenvalue weighted by Gasteiger charge is -2.35. The van der Waals surface area contributed by atoms with Crippen molar-refractivity contribution in [3.63, 3.8) is 0 Å². The average molecular weight is 441 g/mol. The van der Waals surface area contributed by atoms with Crippen LogP contribution in [0, 0.1) is 18.7 Å². The highest BCUT2D eigenvalue weighted by molar-refractivity contribution is 5.90. The number of aryl methyl sites for hydroxylation is 1. The molecular formula is C25H33FN4O2. The van der Waals surface area contributed by atoms with Crippen molar-refractivity contribution < 1.29 is 14.0 Å². The SMILES string of the molecule is Cc1cccc(NC(=O)N2CCCC(C(=O)N(CCN(C)C)Cc3ccccc3F)C2)c1. The van der Waals surface area contributed by atoms with E-state index in [1.807, 2.05) is 50.2 Å². The largest absolute Gasteiger partial charge is 0.337 e. The molecule has 2 aromatic carbocycles. The number of piperidine rings is 1.